The fourth-order valence-corrected chi connectivity index (χ4v) is 1.98. The molecule has 0 aromatic heterocycles. The second-order valence-electron chi connectivity index (χ2n) is 5.12. The third-order valence-electron chi connectivity index (χ3n) is 2.93. The number of rotatable bonds is 5. The van der Waals surface area contributed by atoms with Crippen molar-refractivity contribution in [1.29, 1.82) is 0 Å². The summed E-state index contributed by atoms with van der Waals surface area (Å²) in [4.78, 5) is 4.63. The first-order valence-electron chi connectivity index (χ1n) is 6.78. The maximum atomic E-state index is 6.05. The summed E-state index contributed by atoms with van der Waals surface area (Å²) in [5.41, 5.74) is 1.16. The van der Waals surface area contributed by atoms with Crippen LogP contribution in [0.2, 0.25) is 5.02 Å². The Bertz CT molecular complexity index is 419. The molecular weight excluding hydrogens is 258 g/mol. The minimum atomic E-state index is -0.0407. The molecule has 0 radical (unpaired) electrons. The monoisotopic (exact) mass is 281 g/mol. The average Bonchev–Trinajstić information content (AvgIpc) is 2.37. The molecule has 0 fully saturated rings. The van der Waals surface area contributed by atoms with Crippen LogP contribution in [0.5, 0.6) is 0 Å². The predicted octanol–water partition coefficient (Wildman–Crippen LogP) is 3.19. The van der Waals surface area contributed by atoms with Crippen molar-refractivity contribution in [3.05, 3.63) is 34.9 Å². The van der Waals surface area contributed by atoms with Gasteiger partial charge in [0, 0.05) is 23.5 Å². The molecule has 0 saturated heterocycles. The van der Waals surface area contributed by atoms with Gasteiger partial charge in [0.1, 0.15) is 0 Å². The maximum Gasteiger partial charge on any atom is 0.191 e. The van der Waals surface area contributed by atoms with Crippen LogP contribution in [0, 0.1) is 0 Å². The van der Waals surface area contributed by atoms with E-state index in [1.54, 1.807) is 0 Å². The molecular formula is C15H24ClN3. The van der Waals surface area contributed by atoms with Crippen molar-refractivity contribution in [1.82, 2.24) is 10.6 Å². The van der Waals surface area contributed by atoms with Crippen molar-refractivity contribution in [3.8, 4) is 0 Å². The smallest absolute Gasteiger partial charge is 0.191 e. The van der Waals surface area contributed by atoms with Gasteiger partial charge in [-0.05, 0) is 31.5 Å². The highest BCUT2D eigenvalue weighted by Gasteiger charge is 2.20. The SMILES string of the molecule is CCNC(=NCC(C)(C)c1cccc(Cl)c1)NCC. The van der Waals surface area contributed by atoms with E-state index in [1.165, 1.54) is 5.56 Å². The molecule has 4 heteroatoms. The van der Waals surface area contributed by atoms with E-state index in [2.05, 4.69) is 49.4 Å². The Labute approximate surface area is 121 Å². The molecule has 1 aromatic rings. The van der Waals surface area contributed by atoms with Crippen LogP contribution in [0.4, 0.5) is 0 Å². The molecule has 0 atom stereocenters. The van der Waals surface area contributed by atoms with Crippen LogP contribution >= 0.6 is 11.6 Å². The third kappa shape index (κ3) is 5.11. The fraction of sp³-hybridized carbons (Fsp3) is 0.533. The summed E-state index contributed by atoms with van der Waals surface area (Å²) in [5.74, 6) is 0.861. The molecule has 1 rings (SSSR count). The molecule has 0 aliphatic carbocycles. The van der Waals surface area contributed by atoms with Crippen LogP contribution in [0.25, 0.3) is 0 Å². The van der Waals surface area contributed by atoms with E-state index in [-0.39, 0.29) is 5.41 Å². The molecule has 0 spiro atoms. The van der Waals surface area contributed by atoms with Gasteiger partial charge < -0.3 is 10.6 Å². The second-order valence-corrected chi connectivity index (χ2v) is 5.56. The van der Waals surface area contributed by atoms with E-state index < -0.39 is 0 Å². The normalized spacial score (nSPS) is 11.0. The van der Waals surface area contributed by atoms with Gasteiger partial charge in [-0.15, -0.1) is 0 Å². The Hall–Kier alpha value is -1.22. The molecule has 1 aromatic carbocycles. The van der Waals surface area contributed by atoms with Crippen LogP contribution < -0.4 is 10.6 Å². The molecule has 2 N–H and O–H groups in total. The maximum absolute atomic E-state index is 6.05. The highest BCUT2D eigenvalue weighted by molar-refractivity contribution is 6.30. The predicted molar refractivity (Wildman–Crippen MR) is 84.1 cm³/mol. The Kier molecular flexibility index (Phi) is 6.16. The lowest BCUT2D eigenvalue weighted by atomic mass is 9.85. The van der Waals surface area contributed by atoms with E-state index in [0.29, 0.717) is 6.54 Å². The molecule has 0 aliphatic rings. The van der Waals surface area contributed by atoms with Gasteiger partial charge in [0.05, 0.1) is 6.54 Å². The molecule has 3 nitrogen and oxygen atoms in total. The topological polar surface area (TPSA) is 36.4 Å². The zero-order valence-corrected chi connectivity index (χ0v) is 13.0. The molecule has 0 amide bonds. The number of aliphatic imine (C=N–C) groups is 1. The summed E-state index contributed by atoms with van der Waals surface area (Å²) in [6.45, 7) is 10.9. The molecule has 19 heavy (non-hydrogen) atoms. The number of nitrogens with one attached hydrogen (secondary N) is 2. The fourth-order valence-electron chi connectivity index (χ4n) is 1.79. The lowest BCUT2D eigenvalue weighted by Gasteiger charge is -2.24. The van der Waals surface area contributed by atoms with E-state index in [1.807, 2.05) is 18.2 Å². The van der Waals surface area contributed by atoms with Crippen molar-refractivity contribution in [2.24, 2.45) is 4.99 Å². The number of nitrogens with zero attached hydrogens (tertiary/aromatic N) is 1. The highest BCUT2D eigenvalue weighted by atomic mass is 35.5. The zero-order valence-electron chi connectivity index (χ0n) is 12.3. The number of hydrogen-bond acceptors (Lipinski definition) is 1. The van der Waals surface area contributed by atoms with E-state index in [4.69, 9.17) is 11.6 Å². The summed E-state index contributed by atoms with van der Waals surface area (Å²) in [7, 11) is 0. The number of halogens is 1. The zero-order chi connectivity index (χ0) is 14.3. The van der Waals surface area contributed by atoms with E-state index in [9.17, 15) is 0 Å². The minimum Gasteiger partial charge on any atom is -0.357 e. The van der Waals surface area contributed by atoms with Gasteiger partial charge in [0.2, 0.25) is 0 Å². The van der Waals surface area contributed by atoms with Crippen LogP contribution in [0.15, 0.2) is 29.3 Å². The van der Waals surface area contributed by atoms with Crippen molar-refractivity contribution in [3.63, 3.8) is 0 Å². The molecule has 106 valence electrons. The van der Waals surface area contributed by atoms with Crippen molar-refractivity contribution < 1.29 is 0 Å². The van der Waals surface area contributed by atoms with E-state index in [0.717, 1.165) is 24.1 Å². The van der Waals surface area contributed by atoms with E-state index >= 15 is 0 Å². The van der Waals surface area contributed by atoms with Crippen LogP contribution in [-0.2, 0) is 5.41 Å². The third-order valence-corrected chi connectivity index (χ3v) is 3.16. The summed E-state index contributed by atoms with van der Waals surface area (Å²) in [5, 5.41) is 7.23. The van der Waals surface area contributed by atoms with Crippen LogP contribution in [-0.4, -0.2) is 25.6 Å². The lowest BCUT2D eigenvalue weighted by Crippen LogP contribution is -2.38. The molecule has 0 bridgehead atoms. The van der Waals surface area contributed by atoms with Crippen LogP contribution in [0.3, 0.4) is 0 Å². The average molecular weight is 282 g/mol. The van der Waals surface area contributed by atoms with Gasteiger partial charge in [-0.2, -0.15) is 0 Å². The van der Waals surface area contributed by atoms with Gasteiger partial charge >= 0.3 is 0 Å². The first kappa shape index (κ1) is 15.8. The van der Waals surface area contributed by atoms with Gasteiger partial charge in [-0.1, -0.05) is 37.6 Å². The number of benzene rings is 1. The van der Waals surface area contributed by atoms with Crippen LogP contribution in [0.1, 0.15) is 33.3 Å². The first-order valence-corrected chi connectivity index (χ1v) is 7.15. The standard InChI is InChI=1S/C15H24ClN3/c1-5-17-14(18-6-2)19-11-15(3,4)12-8-7-9-13(16)10-12/h7-10H,5-6,11H2,1-4H3,(H2,17,18,19). The highest BCUT2D eigenvalue weighted by Crippen LogP contribution is 2.25. The largest absolute Gasteiger partial charge is 0.357 e. The first-order chi connectivity index (χ1) is 8.99. The summed E-state index contributed by atoms with van der Waals surface area (Å²) >= 11 is 6.05. The molecule has 0 aliphatic heterocycles. The van der Waals surface area contributed by atoms with Gasteiger partial charge in [-0.3, -0.25) is 4.99 Å². The minimum absolute atomic E-state index is 0.0407. The summed E-state index contributed by atoms with van der Waals surface area (Å²) < 4.78 is 0. The van der Waals surface area contributed by atoms with Gasteiger partial charge in [0.25, 0.3) is 0 Å². The second kappa shape index (κ2) is 7.39. The number of guanidine groups is 1. The quantitative estimate of drug-likeness (QED) is 0.642. The van der Waals surface area contributed by atoms with Gasteiger partial charge in [0.15, 0.2) is 5.96 Å². The molecule has 0 heterocycles. The number of hydrogen-bond donors (Lipinski definition) is 2. The Morgan fingerprint density at radius 2 is 1.84 bits per heavy atom. The Morgan fingerprint density at radius 3 is 2.37 bits per heavy atom. The van der Waals surface area contributed by atoms with Crippen molar-refractivity contribution >= 4 is 17.6 Å². The summed E-state index contributed by atoms with van der Waals surface area (Å²) in [6.07, 6.45) is 0. The van der Waals surface area contributed by atoms with Gasteiger partial charge in [-0.25, -0.2) is 0 Å². The summed E-state index contributed by atoms with van der Waals surface area (Å²) in [6, 6.07) is 7.99. The Balaban J connectivity index is 2.80. The van der Waals surface area contributed by atoms with Crippen molar-refractivity contribution in [2.75, 3.05) is 19.6 Å². The lowest BCUT2D eigenvalue weighted by molar-refractivity contribution is 0.537. The molecule has 0 unspecified atom stereocenters. The van der Waals surface area contributed by atoms with Crippen molar-refractivity contribution in [2.45, 2.75) is 33.1 Å². The Morgan fingerprint density at radius 1 is 1.21 bits per heavy atom. The molecule has 0 saturated carbocycles.